The van der Waals surface area contributed by atoms with Crippen LogP contribution in [0.25, 0.3) is 0 Å². The SMILES string of the molecule is CSCCC(NS(=O)(=O)c1ccccc1)C(=O)NC1CCCc2c1cnn2Cc1ccccc1. The molecule has 0 fully saturated rings. The maximum Gasteiger partial charge on any atom is 0.241 e. The summed E-state index contributed by atoms with van der Waals surface area (Å²) in [7, 11) is -3.80. The topological polar surface area (TPSA) is 93.1 Å². The highest BCUT2D eigenvalue weighted by Crippen LogP contribution is 2.30. The van der Waals surface area contributed by atoms with Crippen LogP contribution in [0.2, 0.25) is 0 Å². The fourth-order valence-electron chi connectivity index (χ4n) is 4.27. The molecule has 1 amide bonds. The number of rotatable bonds is 10. The van der Waals surface area contributed by atoms with Gasteiger partial charge in [0.05, 0.1) is 23.7 Å². The van der Waals surface area contributed by atoms with E-state index in [2.05, 4.69) is 27.3 Å². The summed E-state index contributed by atoms with van der Waals surface area (Å²) < 4.78 is 30.4. The molecule has 7 nitrogen and oxygen atoms in total. The maximum absolute atomic E-state index is 13.3. The van der Waals surface area contributed by atoms with E-state index in [1.165, 1.54) is 17.7 Å². The zero-order chi connectivity index (χ0) is 24.0. The van der Waals surface area contributed by atoms with Crippen LogP contribution < -0.4 is 10.0 Å². The number of fused-ring (bicyclic) bond motifs is 1. The van der Waals surface area contributed by atoms with Crippen molar-refractivity contribution in [1.29, 1.82) is 0 Å². The Kier molecular flexibility index (Phi) is 8.07. The van der Waals surface area contributed by atoms with Gasteiger partial charge in [0.2, 0.25) is 15.9 Å². The monoisotopic (exact) mass is 498 g/mol. The van der Waals surface area contributed by atoms with Gasteiger partial charge in [-0.2, -0.15) is 21.6 Å². The number of nitrogens with one attached hydrogen (secondary N) is 2. The molecule has 2 atom stereocenters. The number of aromatic nitrogens is 2. The van der Waals surface area contributed by atoms with Gasteiger partial charge in [-0.25, -0.2) is 8.42 Å². The molecule has 1 heterocycles. The summed E-state index contributed by atoms with van der Waals surface area (Å²) in [6.07, 6.45) is 6.83. The Balaban J connectivity index is 1.49. The Morgan fingerprint density at radius 3 is 2.56 bits per heavy atom. The molecule has 0 radical (unpaired) electrons. The van der Waals surface area contributed by atoms with Gasteiger partial charge in [-0.15, -0.1) is 0 Å². The quantitative estimate of drug-likeness (QED) is 0.446. The molecule has 1 aliphatic rings. The fraction of sp³-hybridized carbons (Fsp3) is 0.360. The Hall–Kier alpha value is -2.62. The predicted molar refractivity (Wildman–Crippen MR) is 135 cm³/mol. The molecule has 3 aromatic rings. The third-order valence-corrected chi connectivity index (χ3v) is 8.16. The molecule has 1 aliphatic carbocycles. The highest BCUT2D eigenvalue weighted by molar-refractivity contribution is 7.98. The Labute approximate surface area is 205 Å². The highest BCUT2D eigenvalue weighted by atomic mass is 32.2. The van der Waals surface area contributed by atoms with Crippen LogP contribution in [0.3, 0.4) is 0 Å². The van der Waals surface area contributed by atoms with Gasteiger partial charge in [0.15, 0.2) is 0 Å². The summed E-state index contributed by atoms with van der Waals surface area (Å²) in [5, 5.41) is 7.70. The first-order valence-electron chi connectivity index (χ1n) is 11.4. The molecule has 0 saturated carbocycles. The van der Waals surface area contributed by atoms with Crippen molar-refractivity contribution in [2.24, 2.45) is 0 Å². The molecule has 0 aliphatic heterocycles. The standard InChI is InChI=1S/C25H30N4O3S2/c1-33-16-15-23(28-34(31,32)20-11-6-3-7-12-20)25(30)27-22-13-8-14-24-21(22)17-26-29(24)18-19-9-4-2-5-10-19/h2-7,9-12,17,22-23,28H,8,13-16,18H2,1H3,(H,27,30). The zero-order valence-corrected chi connectivity index (χ0v) is 20.8. The molecule has 0 saturated heterocycles. The van der Waals surface area contributed by atoms with E-state index >= 15 is 0 Å². The molecule has 1 aromatic heterocycles. The van der Waals surface area contributed by atoms with Crippen molar-refractivity contribution < 1.29 is 13.2 Å². The Morgan fingerprint density at radius 1 is 1.15 bits per heavy atom. The fourth-order valence-corrected chi connectivity index (χ4v) is 5.99. The van der Waals surface area contributed by atoms with Gasteiger partial charge in [-0.3, -0.25) is 9.48 Å². The summed E-state index contributed by atoms with van der Waals surface area (Å²) in [6.45, 7) is 0.685. The van der Waals surface area contributed by atoms with Crippen LogP contribution >= 0.6 is 11.8 Å². The van der Waals surface area contributed by atoms with Gasteiger partial charge >= 0.3 is 0 Å². The zero-order valence-electron chi connectivity index (χ0n) is 19.2. The molecule has 4 rings (SSSR count). The van der Waals surface area contributed by atoms with Crippen molar-refractivity contribution in [3.8, 4) is 0 Å². The van der Waals surface area contributed by atoms with Gasteiger partial charge in [0.1, 0.15) is 6.04 Å². The number of thioether (sulfide) groups is 1. The predicted octanol–water partition coefficient (Wildman–Crippen LogP) is 3.53. The molecule has 2 aromatic carbocycles. The number of sulfonamides is 1. The van der Waals surface area contributed by atoms with Crippen molar-refractivity contribution in [3.63, 3.8) is 0 Å². The lowest BCUT2D eigenvalue weighted by Gasteiger charge is -2.27. The first-order chi connectivity index (χ1) is 16.5. The molecule has 34 heavy (non-hydrogen) atoms. The van der Waals surface area contributed by atoms with E-state index in [1.54, 1.807) is 30.0 Å². The van der Waals surface area contributed by atoms with Crippen LogP contribution in [0.4, 0.5) is 0 Å². The van der Waals surface area contributed by atoms with E-state index in [-0.39, 0.29) is 16.8 Å². The first-order valence-corrected chi connectivity index (χ1v) is 14.3. The van der Waals surface area contributed by atoms with Crippen molar-refractivity contribution >= 4 is 27.7 Å². The van der Waals surface area contributed by atoms with Crippen molar-refractivity contribution in [1.82, 2.24) is 19.8 Å². The molecule has 9 heteroatoms. The maximum atomic E-state index is 13.3. The number of carbonyl (C=O) groups excluding carboxylic acids is 1. The average molecular weight is 499 g/mol. The van der Waals surface area contributed by atoms with E-state index in [4.69, 9.17) is 0 Å². The van der Waals surface area contributed by atoms with Crippen LogP contribution in [-0.2, 0) is 27.8 Å². The average Bonchev–Trinajstić information content (AvgIpc) is 3.26. The molecule has 0 bridgehead atoms. The molecular weight excluding hydrogens is 468 g/mol. The largest absolute Gasteiger partial charge is 0.348 e. The van der Waals surface area contributed by atoms with Crippen LogP contribution in [0, 0.1) is 0 Å². The second kappa shape index (κ2) is 11.2. The Bertz CT molecular complexity index is 1200. The normalized spacial score (nSPS) is 16.6. The van der Waals surface area contributed by atoms with E-state index < -0.39 is 16.1 Å². The van der Waals surface area contributed by atoms with Crippen LogP contribution in [-0.4, -0.2) is 42.2 Å². The van der Waals surface area contributed by atoms with Crippen molar-refractivity contribution in [2.75, 3.05) is 12.0 Å². The van der Waals surface area contributed by atoms with E-state index in [0.29, 0.717) is 18.7 Å². The van der Waals surface area contributed by atoms with Gasteiger partial charge in [0.25, 0.3) is 0 Å². The number of benzene rings is 2. The third kappa shape index (κ3) is 5.89. The lowest BCUT2D eigenvalue weighted by molar-refractivity contribution is -0.123. The van der Waals surface area contributed by atoms with E-state index in [0.717, 1.165) is 30.5 Å². The second-order valence-electron chi connectivity index (χ2n) is 8.41. The molecule has 0 spiro atoms. The van der Waals surface area contributed by atoms with Crippen molar-refractivity contribution in [2.45, 2.75) is 49.2 Å². The van der Waals surface area contributed by atoms with Crippen LogP contribution in [0.15, 0.2) is 71.8 Å². The number of hydrogen-bond donors (Lipinski definition) is 2. The number of carbonyl (C=O) groups is 1. The van der Waals surface area contributed by atoms with E-state index in [9.17, 15) is 13.2 Å². The summed E-state index contributed by atoms with van der Waals surface area (Å²) in [5.74, 6) is 0.363. The van der Waals surface area contributed by atoms with Crippen LogP contribution in [0.5, 0.6) is 0 Å². The minimum absolute atomic E-state index is 0.152. The lowest BCUT2D eigenvalue weighted by Crippen LogP contribution is -2.48. The highest BCUT2D eigenvalue weighted by Gasteiger charge is 2.30. The summed E-state index contributed by atoms with van der Waals surface area (Å²) >= 11 is 1.58. The van der Waals surface area contributed by atoms with Gasteiger partial charge in [-0.05, 0) is 55.4 Å². The summed E-state index contributed by atoms with van der Waals surface area (Å²) in [6, 6.07) is 17.3. The number of nitrogens with zero attached hydrogens (tertiary/aromatic N) is 2. The third-order valence-electron chi connectivity index (χ3n) is 6.03. The number of hydrogen-bond acceptors (Lipinski definition) is 5. The van der Waals surface area contributed by atoms with Gasteiger partial charge in [0, 0.05) is 11.3 Å². The van der Waals surface area contributed by atoms with Gasteiger partial charge in [-0.1, -0.05) is 48.5 Å². The molecular formula is C25H30N4O3S2. The number of amides is 1. The summed E-state index contributed by atoms with van der Waals surface area (Å²) in [4.78, 5) is 13.4. The van der Waals surface area contributed by atoms with Crippen molar-refractivity contribution in [3.05, 3.63) is 83.7 Å². The molecule has 180 valence electrons. The summed E-state index contributed by atoms with van der Waals surface area (Å²) in [5.41, 5.74) is 3.32. The first kappa shape index (κ1) is 24.5. The smallest absolute Gasteiger partial charge is 0.241 e. The minimum atomic E-state index is -3.80. The van der Waals surface area contributed by atoms with Gasteiger partial charge < -0.3 is 5.32 Å². The minimum Gasteiger partial charge on any atom is -0.348 e. The van der Waals surface area contributed by atoms with E-state index in [1.807, 2.05) is 35.3 Å². The second-order valence-corrected chi connectivity index (χ2v) is 11.1. The molecule has 2 N–H and O–H groups in total. The molecule has 2 unspecified atom stereocenters. The van der Waals surface area contributed by atoms with Crippen LogP contribution in [0.1, 0.15) is 42.1 Å². The Morgan fingerprint density at radius 2 is 1.85 bits per heavy atom. The lowest BCUT2D eigenvalue weighted by atomic mass is 9.92.